The molecule has 2 fully saturated rings. The van der Waals surface area contributed by atoms with Crippen molar-refractivity contribution in [1.29, 1.82) is 0 Å². The molecule has 0 N–H and O–H groups in total. The van der Waals surface area contributed by atoms with Gasteiger partial charge in [-0.2, -0.15) is 0 Å². The zero-order valence-electron chi connectivity index (χ0n) is 21.3. The van der Waals surface area contributed by atoms with Crippen molar-refractivity contribution in [1.82, 2.24) is 0 Å². The number of hydrogen-bond donors (Lipinski definition) is 0. The van der Waals surface area contributed by atoms with Crippen LogP contribution in [0.2, 0.25) is 0 Å². The van der Waals surface area contributed by atoms with Gasteiger partial charge in [-0.15, -0.1) is 0 Å². The summed E-state index contributed by atoms with van der Waals surface area (Å²) in [7, 11) is 0. The van der Waals surface area contributed by atoms with Gasteiger partial charge in [0.15, 0.2) is 12.6 Å². The molecule has 0 saturated carbocycles. The van der Waals surface area contributed by atoms with Gasteiger partial charge in [0.2, 0.25) is 0 Å². The van der Waals surface area contributed by atoms with Crippen molar-refractivity contribution in [3.63, 3.8) is 0 Å². The van der Waals surface area contributed by atoms with Gasteiger partial charge in [-0.05, 0) is 23.6 Å². The van der Waals surface area contributed by atoms with E-state index < -0.39 is 6.29 Å². The SMILES string of the molecule is CCO[C@H]1C[C@H]2[C@@H](O1)O[C@H](COCc1ccccc1)[C@@H](OCc1ccccc1)[C@@H]2OCc1ccccc1. The third-order valence-electron chi connectivity index (χ3n) is 6.84. The van der Waals surface area contributed by atoms with Crippen LogP contribution in [0.15, 0.2) is 91.0 Å². The molecular weight excluding hydrogens is 468 g/mol. The van der Waals surface area contributed by atoms with E-state index in [-0.39, 0.29) is 30.5 Å². The smallest absolute Gasteiger partial charge is 0.166 e. The zero-order valence-corrected chi connectivity index (χ0v) is 21.3. The summed E-state index contributed by atoms with van der Waals surface area (Å²) >= 11 is 0. The molecule has 0 aromatic heterocycles. The van der Waals surface area contributed by atoms with Crippen molar-refractivity contribution >= 4 is 0 Å². The fourth-order valence-corrected chi connectivity index (χ4v) is 5.01. The minimum absolute atomic E-state index is 0.00795. The van der Waals surface area contributed by atoms with E-state index in [2.05, 4.69) is 36.4 Å². The van der Waals surface area contributed by atoms with Gasteiger partial charge in [0.05, 0.1) is 32.5 Å². The summed E-state index contributed by atoms with van der Waals surface area (Å²) in [6.45, 7) is 4.36. The lowest BCUT2D eigenvalue weighted by Gasteiger charge is -2.43. The van der Waals surface area contributed by atoms with E-state index in [4.69, 9.17) is 28.4 Å². The third-order valence-corrected chi connectivity index (χ3v) is 6.84. The van der Waals surface area contributed by atoms with Crippen molar-refractivity contribution in [2.24, 2.45) is 5.92 Å². The first-order valence-electron chi connectivity index (χ1n) is 13.2. The molecule has 2 saturated heterocycles. The Morgan fingerprint density at radius 1 is 0.649 bits per heavy atom. The number of fused-ring (bicyclic) bond motifs is 1. The van der Waals surface area contributed by atoms with E-state index in [0.29, 0.717) is 39.5 Å². The van der Waals surface area contributed by atoms with Crippen molar-refractivity contribution in [2.45, 2.75) is 64.1 Å². The first-order valence-corrected chi connectivity index (χ1v) is 13.2. The van der Waals surface area contributed by atoms with Gasteiger partial charge in [-0.1, -0.05) is 91.0 Å². The lowest BCUT2D eigenvalue weighted by atomic mass is 9.89. The van der Waals surface area contributed by atoms with Crippen molar-refractivity contribution < 1.29 is 28.4 Å². The summed E-state index contributed by atoms with van der Waals surface area (Å²) in [5, 5.41) is 0. The molecule has 2 heterocycles. The molecule has 0 radical (unpaired) electrons. The maximum atomic E-state index is 6.61. The van der Waals surface area contributed by atoms with Crippen LogP contribution < -0.4 is 0 Å². The van der Waals surface area contributed by atoms with Crippen LogP contribution in [0.1, 0.15) is 30.0 Å². The zero-order chi connectivity index (χ0) is 25.3. The Morgan fingerprint density at radius 2 is 1.19 bits per heavy atom. The van der Waals surface area contributed by atoms with Crippen LogP contribution in [0.25, 0.3) is 0 Å². The van der Waals surface area contributed by atoms with Gasteiger partial charge in [-0.3, -0.25) is 0 Å². The molecule has 3 aromatic carbocycles. The highest BCUT2D eigenvalue weighted by Gasteiger charge is 2.52. The number of hydrogen-bond acceptors (Lipinski definition) is 6. The normalized spacial score (nSPS) is 27.2. The second-order valence-corrected chi connectivity index (χ2v) is 9.49. The lowest BCUT2D eigenvalue weighted by Crippen LogP contribution is -2.56. The summed E-state index contributed by atoms with van der Waals surface area (Å²) in [6.07, 6.45) is -0.972. The molecule has 2 aliphatic rings. The highest BCUT2D eigenvalue weighted by atomic mass is 16.8. The summed E-state index contributed by atoms with van der Waals surface area (Å²) in [5.41, 5.74) is 3.33. The Bertz CT molecular complexity index is 1050. The van der Waals surface area contributed by atoms with Crippen LogP contribution in [-0.4, -0.2) is 44.1 Å². The van der Waals surface area contributed by atoms with E-state index in [1.54, 1.807) is 0 Å². The first kappa shape index (κ1) is 26.0. The largest absolute Gasteiger partial charge is 0.374 e. The monoisotopic (exact) mass is 504 g/mol. The second kappa shape index (κ2) is 13.3. The van der Waals surface area contributed by atoms with E-state index in [9.17, 15) is 0 Å². The summed E-state index contributed by atoms with van der Waals surface area (Å²) in [4.78, 5) is 0. The van der Waals surface area contributed by atoms with Crippen LogP contribution in [-0.2, 0) is 48.2 Å². The first-order chi connectivity index (χ1) is 18.3. The minimum atomic E-state index is -0.431. The van der Waals surface area contributed by atoms with E-state index in [1.165, 1.54) is 0 Å². The average Bonchev–Trinajstić information content (AvgIpc) is 3.35. The molecular formula is C31H36O6. The number of benzene rings is 3. The Morgan fingerprint density at radius 3 is 1.76 bits per heavy atom. The fraction of sp³-hybridized carbons (Fsp3) is 0.419. The van der Waals surface area contributed by atoms with Gasteiger partial charge in [0.25, 0.3) is 0 Å². The molecule has 196 valence electrons. The molecule has 0 unspecified atom stereocenters. The predicted octanol–water partition coefficient (Wildman–Crippen LogP) is 5.50. The predicted molar refractivity (Wildman–Crippen MR) is 139 cm³/mol. The quantitative estimate of drug-likeness (QED) is 0.325. The number of rotatable bonds is 12. The van der Waals surface area contributed by atoms with Gasteiger partial charge in [-0.25, -0.2) is 0 Å². The maximum absolute atomic E-state index is 6.61. The van der Waals surface area contributed by atoms with Gasteiger partial charge in [0, 0.05) is 18.9 Å². The topological polar surface area (TPSA) is 55.4 Å². The molecule has 5 rings (SSSR count). The highest BCUT2D eigenvalue weighted by Crippen LogP contribution is 2.40. The van der Waals surface area contributed by atoms with Crippen LogP contribution >= 0.6 is 0 Å². The summed E-state index contributed by atoms with van der Waals surface area (Å²) in [6, 6.07) is 30.5. The fourth-order valence-electron chi connectivity index (χ4n) is 5.01. The van der Waals surface area contributed by atoms with Gasteiger partial charge >= 0.3 is 0 Å². The van der Waals surface area contributed by atoms with Crippen LogP contribution in [0.4, 0.5) is 0 Å². The van der Waals surface area contributed by atoms with Crippen LogP contribution in [0, 0.1) is 5.92 Å². The minimum Gasteiger partial charge on any atom is -0.374 e. The van der Waals surface area contributed by atoms with E-state index in [0.717, 1.165) is 16.7 Å². The molecule has 0 bridgehead atoms. The molecule has 3 aromatic rings. The van der Waals surface area contributed by atoms with E-state index in [1.807, 2.05) is 61.5 Å². The maximum Gasteiger partial charge on any atom is 0.166 e. The molecule has 37 heavy (non-hydrogen) atoms. The summed E-state index contributed by atoms with van der Waals surface area (Å²) in [5.74, 6) is -0.00795. The van der Waals surface area contributed by atoms with Gasteiger partial charge in [0.1, 0.15) is 12.2 Å². The Kier molecular flexibility index (Phi) is 9.35. The molecule has 0 aliphatic carbocycles. The molecule has 6 nitrogen and oxygen atoms in total. The molecule has 0 spiro atoms. The summed E-state index contributed by atoms with van der Waals surface area (Å²) < 4.78 is 37.7. The van der Waals surface area contributed by atoms with Gasteiger partial charge < -0.3 is 28.4 Å². The average molecular weight is 505 g/mol. The van der Waals surface area contributed by atoms with Crippen LogP contribution in [0.5, 0.6) is 0 Å². The lowest BCUT2D eigenvalue weighted by molar-refractivity contribution is -0.297. The molecule has 6 atom stereocenters. The molecule has 2 aliphatic heterocycles. The van der Waals surface area contributed by atoms with Crippen molar-refractivity contribution in [3.05, 3.63) is 108 Å². The third kappa shape index (κ3) is 7.05. The van der Waals surface area contributed by atoms with Crippen LogP contribution in [0.3, 0.4) is 0 Å². The van der Waals surface area contributed by atoms with Crippen molar-refractivity contribution in [3.8, 4) is 0 Å². The standard InChI is InChI=1S/C31H36O6/c1-2-33-28-18-26-29(34-20-24-14-8-4-9-15-24)30(35-21-25-16-10-5-11-17-25)27(36-31(26)37-28)22-32-19-23-12-6-3-7-13-23/h3-17,26-31H,2,18-22H2,1H3/t26-,27-,28-,29-,30-,31-/m1/s1. The Balaban J connectivity index is 1.34. The second-order valence-electron chi connectivity index (χ2n) is 9.49. The van der Waals surface area contributed by atoms with Crippen molar-refractivity contribution in [2.75, 3.05) is 13.2 Å². The molecule has 0 amide bonds. The highest BCUT2D eigenvalue weighted by molar-refractivity contribution is 5.15. The number of ether oxygens (including phenoxy) is 6. The molecule has 6 heteroatoms. The van der Waals surface area contributed by atoms with E-state index >= 15 is 0 Å². The Labute approximate surface area is 219 Å². The Hall–Kier alpha value is -2.58.